The molecule has 1 aromatic rings. The van der Waals surface area contributed by atoms with Crippen molar-refractivity contribution < 1.29 is 9.18 Å². The number of alkyl halides is 1. The van der Waals surface area contributed by atoms with Gasteiger partial charge in [-0.05, 0) is 19.1 Å². The predicted molar refractivity (Wildman–Crippen MR) is 63.2 cm³/mol. The molecule has 1 rings (SSSR count). The van der Waals surface area contributed by atoms with E-state index in [1.807, 2.05) is 0 Å². The standard InChI is InChI=1S/C11H12Cl2FNO/c1-7(12)11(16)15(2)6-8-9(13)4-3-5-10(8)14/h3-5,7H,6H2,1-2H3/t7-/m1/s1. The van der Waals surface area contributed by atoms with Gasteiger partial charge in [0.15, 0.2) is 0 Å². The molecule has 0 unspecified atom stereocenters. The molecule has 0 aliphatic carbocycles. The zero-order valence-electron chi connectivity index (χ0n) is 9.01. The maximum atomic E-state index is 13.4. The van der Waals surface area contributed by atoms with Crippen LogP contribution in [-0.4, -0.2) is 23.2 Å². The maximum Gasteiger partial charge on any atom is 0.240 e. The monoisotopic (exact) mass is 263 g/mol. The maximum absolute atomic E-state index is 13.4. The van der Waals surface area contributed by atoms with Crippen molar-refractivity contribution >= 4 is 29.1 Å². The number of hydrogen-bond donors (Lipinski definition) is 0. The summed E-state index contributed by atoms with van der Waals surface area (Å²) in [6.07, 6.45) is 0. The molecule has 0 aliphatic heterocycles. The lowest BCUT2D eigenvalue weighted by Crippen LogP contribution is -2.32. The van der Waals surface area contributed by atoms with Gasteiger partial charge in [0, 0.05) is 24.2 Å². The Balaban J connectivity index is 2.85. The van der Waals surface area contributed by atoms with Crippen molar-refractivity contribution in [3.8, 4) is 0 Å². The summed E-state index contributed by atoms with van der Waals surface area (Å²) >= 11 is 11.5. The van der Waals surface area contributed by atoms with Crippen molar-refractivity contribution in [3.05, 3.63) is 34.6 Å². The van der Waals surface area contributed by atoms with Gasteiger partial charge in [-0.25, -0.2) is 4.39 Å². The second-order valence-electron chi connectivity index (χ2n) is 3.51. The molecule has 0 fully saturated rings. The Morgan fingerprint density at radius 2 is 2.19 bits per heavy atom. The molecular weight excluding hydrogens is 252 g/mol. The topological polar surface area (TPSA) is 20.3 Å². The van der Waals surface area contributed by atoms with Crippen LogP contribution in [0.5, 0.6) is 0 Å². The number of benzene rings is 1. The summed E-state index contributed by atoms with van der Waals surface area (Å²) in [6.45, 7) is 1.69. The molecule has 2 nitrogen and oxygen atoms in total. The van der Waals surface area contributed by atoms with Gasteiger partial charge in [0.05, 0.1) is 0 Å². The fourth-order valence-electron chi connectivity index (χ4n) is 1.30. The molecule has 5 heteroatoms. The lowest BCUT2D eigenvalue weighted by atomic mass is 10.2. The van der Waals surface area contributed by atoms with E-state index in [0.717, 1.165) is 0 Å². The Kier molecular flexibility index (Phi) is 4.56. The Morgan fingerprint density at radius 1 is 1.56 bits per heavy atom. The van der Waals surface area contributed by atoms with Crippen molar-refractivity contribution in [1.82, 2.24) is 4.90 Å². The second-order valence-corrected chi connectivity index (χ2v) is 4.57. The van der Waals surface area contributed by atoms with E-state index in [-0.39, 0.29) is 12.5 Å². The fourth-order valence-corrected chi connectivity index (χ4v) is 1.69. The molecule has 1 amide bonds. The van der Waals surface area contributed by atoms with Crippen molar-refractivity contribution in [2.75, 3.05) is 7.05 Å². The molecule has 88 valence electrons. The highest BCUT2D eigenvalue weighted by Gasteiger charge is 2.17. The van der Waals surface area contributed by atoms with Crippen LogP contribution in [0, 0.1) is 5.82 Å². The SMILES string of the molecule is C[C@@H](Cl)C(=O)N(C)Cc1c(F)cccc1Cl. The number of hydrogen-bond acceptors (Lipinski definition) is 1. The average Bonchev–Trinajstić information content (AvgIpc) is 2.22. The Bertz CT molecular complexity index is 375. The van der Waals surface area contributed by atoms with E-state index < -0.39 is 11.2 Å². The zero-order valence-corrected chi connectivity index (χ0v) is 10.5. The van der Waals surface area contributed by atoms with E-state index in [4.69, 9.17) is 23.2 Å². The van der Waals surface area contributed by atoms with Crippen LogP contribution >= 0.6 is 23.2 Å². The summed E-state index contributed by atoms with van der Waals surface area (Å²) in [4.78, 5) is 12.8. The molecule has 1 atom stereocenters. The molecular formula is C11H12Cl2FNO. The average molecular weight is 264 g/mol. The van der Waals surface area contributed by atoms with Crippen LogP contribution in [-0.2, 0) is 11.3 Å². The van der Waals surface area contributed by atoms with Gasteiger partial charge in [0.25, 0.3) is 0 Å². The highest BCUT2D eigenvalue weighted by Crippen LogP contribution is 2.20. The number of amides is 1. The van der Waals surface area contributed by atoms with Gasteiger partial charge in [-0.3, -0.25) is 4.79 Å². The first kappa shape index (κ1) is 13.3. The van der Waals surface area contributed by atoms with E-state index in [1.165, 1.54) is 17.0 Å². The third-order valence-corrected chi connectivity index (χ3v) is 2.71. The normalized spacial score (nSPS) is 12.3. The van der Waals surface area contributed by atoms with Gasteiger partial charge >= 0.3 is 0 Å². The van der Waals surface area contributed by atoms with Crippen LogP contribution in [0.15, 0.2) is 18.2 Å². The number of carbonyl (C=O) groups is 1. The lowest BCUT2D eigenvalue weighted by Gasteiger charge is -2.19. The molecule has 0 N–H and O–H groups in total. The van der Waals surface area contributed by atoms with Crippen molar-refractivity contribution in [2.45, 2.75) is 18.8 Å². The van der Waals surface area contributed by atoms with Crippen LogP contribution in [0.3, 0.4) is 0 Å². The smallest absolute Gasteiger partial charge is 0.240 e. The van der Waals surface area contributed by atoms with Crippen molar-refractivity contribution in [2.24, 2.45) is 0 Å². The second kappa shape index (κ2) is 5.51. The molecule has 0 aromatic heterocycles. The predicted octanol–water partition coefficient (Wildman–Crippen LogP) is 3.06. The van der Waals surface area contributed by atoms with E-state index >= 15 is 0 Å². The molecule has 0 saturated heterocycles. The van der Waals surface area contributed by atoms with Gasteiger partial charge in [-0.15, -0.1) is 11.6 Å². The fraction of sp³-hybridized carbons (Fsp3) is 0.364. The van der Waals surface area contributed by atoms with Gasteiger partial charge in [0.2, 0.25) is 5.91 Å². The summed E-state index contributed by atoms with van der Waals surface area (Å²) in [5.41, 5.74) is 0.303. The molecule has 0 saturated carbocycles. The molecule has 0 heterocycles. The van der Waals surface area contributed by atoms with E-state index in [1.54, 1.807) is 20.0 Å². The summed E-state index contributed by atoms with van der Waals surface area (Å²) < 4.78 is 13.4. The first-order chi connectivity index (χ1) is 7.43. The first-order valence-corrected chi connectivity index (χ1v) is 5.57. The Labute approximate surface area is 104 Å². The number of halogens is 3. The molecule has 0 radical (unpaired) electrons. The molecule has 0 spiro atoms. The minimum absolute atomic E-state index is 0.113. The molecule has 0 bridgehead atoms. The minimum Gasteiger partial charge on any atom is -0.340 e. The third kappa shape index (κ3) is 3.09. The van der Waals surface area contributed by atoms with Crippen LogP contribution < -0.4 is 0 Å². The quantitative estimate of drug-likeness (QED) is 0.768. The van der Waals surface area contributed by atoms with E-state index in [2.05, 4.69) is 0 Å². The highest BCUT2D eigenvalue weighted by molar-refractivity contribution is 6.31. The minimum atomic E-state index is -0.629. The molecule has 16 heavy (non-hydrogen) atoms. The number of carbonyl (C=O) groups excluding carboxylic acids is 1. The highest BCUT2D eigenvalue weighted by atomic mass is 35.5. The Morgan fingerprint density at radius 3 is 2.69 bits per heavy atom. The van der Waals surface area contributed by atoms with Crippen molar-refractivity contribution in [1.29, 1.82) is 0 Å². The van der Waals surface area contributed by atoms with Crippen LogP contribution in [0.4, 0.5) is 4.39 Å². The number of nitrogens with zero attached hydrogens (tertiary/aromatic N) is 1. The summed E-state index contributed by atoms with van der Waals surface area (Å²) in [5.74, 6) is -0.685. The Hall–Kier alpha value is -0.800. The summed E-state index contributed by atoms with van der Waals surface area (Å²) in [5, 5.41) is -0.322. The lowest BCUT2D eigenvalue weighted by molar-refractivity contribution is -0.129. The molecule has 0 aliphatic rings. The van der Waals surface area contributed by atoms with Crippen LogP contribution in [0.1, 0.15) is 12.5 Å². The van der Waals surface area contributed by atoms with Crippen molar-refractivity contribution in [3.63, 3.8) is 0 Å². The van der Waals surface area contributed by atoms with E-state index in [9.17, 15) is 9.18 Å². The summed E-state index contributed by atoms with van der Waals surface area (Å²) in [7, 11) is 1.56. The van der Waals surface area contributed by atoms with Gasteiger partial charge in [-0.2, -0.15) is 0 Å². The number of rotatable bonds is 3. The van der Waals surface area contributed by atoms with Gasteiger partial charge in [-0.1, -0.05) is 17.7 Å². The summed E-state index contributed by atoms with van der Waals surface area (Å²) in [6, 6.07) is 4.42. The van der Waals surface area contributed by atoms with E-state index in [0.29, 0.717) is 10.6 Å². The molecule has 1 aromatic carbocycles. The van der Waals surface area contributed by atoms with Crippen LogP contribution in [0.2, 0.25) is 5.02 Å². The largest absolute Gasteiger partial charge is 0.340 e. The van der Waals surface area contributed by atoms with Crippen LogP contribution in [0.25, 0.3) is 0 Å². The van der Waals surface area contributed by atoms with Gasteiger partial charge in [0.1, 0.15) is 11.2 Å². The zero-order chi connectivity index (χ0) is 12.3. The third-order valence-electron chi connectivity index (χ3n) is 2.17. The first-order valence-electron chi connectivity index (χ1n) is 4.75. The van der Waals surface area contributed by atoms with Gasteiger partial charge < -0.3 is 4.90 Å².